The normalized spacial score (nSPS) is 24.9. The molecule has 2 unspecified atom stereocenters. The molecular weight excluding hydrogens is 196 g/mol. The molecule has 0 radical (unpaired) electrons. The zero-order chi connectivity index (χ0) is 11.4. The summed E-state index contributed by atoms with van der Waals surface area (Å²) in [6.07, 6.45) is 2.57. The monoisotopic (exact) mass is 214 g/mol. The Morgan fingerprint density at radius 3 is 2.60 bits per heavy atom. The number of hydrogen-bond acceptors (Lipinski definition) is 2. The molecular formula is C10H18N2O3. The van der Waals surface area contributed by atoms with Gasteiger partial charge in [-0.1, -0.05) is 6.42 Å². The maximum absolute atomic E-state index is 11.2. The molecule has 5 heteroatoms. The minimum atomic E-state index is -0.739. The first-order valence-electron chi connectivity index (χ1n) is 5.20. The number of carbonyl (C=O) groups excluding carboxylic acids is 1. The molecule has 86 valence electrons. The molecule has 2 amide bonds. The van der Waals surface area contributed by atoms with Crippen LogP contribution >= 0.6 is 0 Å². The number of rotatable bonds is 3. The number of nitrogens with one attached hydrogen (secondary N) is 1. The fourth-order valence-electron chi connectivity index (χ4n) is 1.98. The van der Waals surface area contributed by atoms with E-state index >= 15 is 0 Å². The van der Waals surface area contributed by atoms with E-state index in [9.17, 15) is 9.59 Å². The number of nitrogens with zero attached hydrogens (tertiary/aromatic N) is 1. The molecule has 1 saturated carbocycles. The molecule has 1 rings (SSSR count). The summed E-state index contributed by atoms with van der Waals surface area (Å²) in [5.41, 5.74) is 0. The molecule has 0 aliphatic heterocycles. The van der Waals surface area contributed by atoms with Crippen molar-refractivity contribution in [2.75, 3.05) is 20.6 Å². The van der Waals surface area contributed by atoms with Crippen molar-refractivity contribution in [2.24, 2.45) is 11.8 Å². The number of hydrogen-bond donors (Lipinski definition) is 2. The average molecular weight is 214 g/mol. The van der Waals surface area contributed by atoms with E-state index < -0.39 is 5.97 Å². The molecule has 0 spiro atoms. The summed E-state index contributed by atoms with van der Waals surface area (Å²) in [4.78, 5) is 23.6. The van der Waals surface area contributed by atoms with Crippen molar-refractivity contribution in [2.45, 2.75) is 19.3 Å². The van der Waals surface area contributed by atoms with Crippen LogP contribution < -0.4 is 5.32 Å². The van der Waals surface area contributed by atoms with Gasteiger partial charge in [0.25, 0.3) is 0 Å². The molecule has 1 fully saturated rings. The smallest absolute Gasteiger partial charge is 0.316 e. The molecule has 2 N–H and O–H groups in total. The van der Waals surface area contributed by atoms with E-state index in [0.29, 0.717) is 6.54 Å². The van der Waals surface area contributed by atoms with Crippen LogP contribution in [-0.2, 0) is 4.79 Å². The van der Waals surface area contributed by atoms with E-state index in [2.05, 4.69) is 5.32 Å². The van der Waals surface area contributed by atoms with Crippen molar-refractivity contribution in [3.8, 4) is 0 Å². The second-order valence-corrected chi connectivity index (χ2v) is 4.22. The highest BCUT2D eigenvalue weighted by Gasteiger charge is 2.32. The van der Waals surface area contributed by atoms with Gasteiger partial charge in [-0.2, -0.15) is 0 Å². The van der Waals surface area contributed by atoms with Crippen LogP contribution in [0.5, 0.6) is 0 Å². The predicted molar refractivity (Wildman–Crippen MR) is 55.6 cm³/mol. The highest BCUT2D eigenvalue weighted by atomic mass is 16.4. The Morgan fingerprint density at radius 1 is 1.40 bits per heavy atom. The fraction of sp³-hybridized carbons (Fsp3) is 0.800. The Morgan fingerprint density at radius 2 is 2.07 bits per heavy atom. The van der Waals surface area contributed by atoms with Gasteiger partial charge in [0.15, 0.2) is 0 Å². The van der Waals surface area contributed by atoms with Crippen LogP contribution in [0.3, 0.4) is 0 Å². The quantitative estimate of drug-likeness (QED) is 0.728. The average Bonchev–Trinajstić information content (AvgIpc) is 2.61. The number of aliphatic carboxylic acids is 1. The van der Waals surface area contributed by atoms with Gasteiger partial charge < -0.3 is 15.3 Å². The van der Waals surface area contributed by atoms with Gasteiger partial charge in [0.1, 0.15) is 0 Å². The topological polar surface area (TPSA) is 69.6 Å². The van der Waals surface area contributed by atoms with E-state index in [1.54, 1.807) is 14.1 Å². The number of amides is 2. The molecule has 0 aromatic carbocycles. The lowest BCUT2D eigenvalue weighted by Gasteiger charge is -2.18. The Labute approximate surface area is 89.4 Å². The Balaban J connectivity index is 2.38. The zero-order valence-corrected chi connectivity index (χ0v) is 9.19. The molecule has 0 saturated heterocycles. The maximum Gasteiger partial charge on any atom is 0.316 e. The first-order chi connectivity index (χ1) is 7.02. The molecule has 1 aliphatic rings. The van der Waals surface area contributed by atoms with Gasteiger partial charge in [-0.05, 0) is 18.8 Å². The summed E-state index contributed by atoms with van der Waals surface area (Å²) in [6, 6.07) is -0.161. The van der Waals surface area contributed by atoms with Gasteiger partial charge in [0, 0.05) is 20.6 Å². The molecule has 0 heterocycles. The zero-order valence-electron chi connectivity index (χ0n) is 9.19. The fourth-order valence-corrected chi connectivity index (χ4v) is 1.98. The second kappa shape index (κ2) is 5.00. The summed E-state index contributed by atoms with van der Waals surface area (Å²) in [5, 5.41) is 11.7. The summed E-state index contributed by atoms with van der Waals surface area (Å²) in [7, 11) is 3.33. The van der Waals surface area contributed by atoms with Crippen LogP contribution in [0.15, 0.2) is 0 Å². The third-order valence-electron chi connectivity index (χ3n) is 2.90. The lowest BCUT2D eigenvalue weighted by Crippen LogP contribution is -2.39. The Bertz CT molecular complexity index is 253. The van der Waals surface area contributed by atoms with E-state index in [0.717, 1.165) is 19.3 Å². The molecule has 0 bridgehead atoms. The third kappa shape index (κ3) is 3.11. The minimum Gasteiger partial charge on any atom is -0.481 e. The van der Waals surface area contributed by atoms with Gasteiger partial charge >= 0.3 is 12.0 Å². The number of carboxylic acids is 1. The molecule has 1 aliphatic carbocycles. The molecule has 15 heavy (non-hydrogen) atoms. The predicted octanol–water partition coefficient (Wildman–Crippen LogP) is 0.758. The van der Waals surface area contributed by atoms with Crippen molar-refractivity contribution < 1.29 is 14.7 Å². The standard InChI is InChI=1S/C10H18N2O3/c1-12(2)10(15)11-6-7-4-3-5-8(7)9(13)14/h7-8H,3-6H2,1-2H3,(H,11,15)(H,13,14). The van der Waals surface area contributed by atoms with E-state index in [1.165, 1.54) is 4.90 Å². The van der Waals surface area contributed by atoms with E-state index in [4.69, 9.17) is 5.11 Å². The summed E-state index contributed by atoms with van der Waals surface area (Å²) in [6.45, 7) is 0.466. The van der Waals surface area contributed by atoms with Crippen LogP contribution in [0.4, 0.5) is 4.79 Å². The largest absolute Gasteiger partial charge is 0.481 e. The maximum atomic E-state index is 11.2. The summed E-state index contributed by atoms with van der Waals surface area (Å²) < 4.78 is 0. The van der Waals surface area contributed by atoms with Crippen LogP contribution in [0.25, 0.3) is 0 Å². The van der Waals surface area contributed by atoms with Gasteiger partial charge in [-0.25, -0.2) is 4.79 Å². The highest BCUT2D eigenvalue weighted by Crippen LogP contribution is 2.31. The van der Waals surface area contributed by atoms with Crippen molar-refractivity contribution >= 4 is 12.0 Å². The van der Waals surface area contributed by atoms with Crippen LogP contribution in [-0.4, -0.2) is 42.6 Å². The Hall–Kier alpha value is -1.26. The SMILES string of the molecule is CN(C)C(=O)NCC1CCCC1C(=O)O. The van der Waals surface area contributed by atoms with Crippen molar-refractivity contribution in [1.29, 1.82) is 0 Å². The summed E-state index contributed by atoms with van der Waals surface area (Å²) >= 11 is 0. The molecule has 0 aromatic heterocycles. The molecule has 0 aromatic rings. The van der Waals surface area contributed by atoms with Crippen molar-refractivity contribution in [3.63, 3.8) is 0 Å². The van der Waals surface area contributed by atoms with Crippen molar-refractivity contribution in [3.05, 3.63) is 0 Å². The number of carboxylic acid groups (broad SMARTS) is 1. The number of carbonyl (C=O) groups is 2. The van der Waals surface area contributed by atoms with Crippen molar-refractivity contribution in [1.82, 2.24) is 10.2 Å². The van der Waals surface area contributed by atoms with Gasteiger partial charge in [-0.15, -0.1) is 0 Å². The highest BCUT2D eigenvalue weighted by molar-refractivity contribution is 5.74. The second-order valence-electron chi connectivity index (χ2n) is 4.22. The molecule has 2 atom stereocenters. The lowest BCUT2D eigenvalue weighted by atomic mass is 9.96. The Kier molecular flexibility index (Phi) is 3.94. The van der Waals surface area contributed by atoms with Crippen LogP contribution in [0, 0.1) is 11.8 Å². The number of urea groups is 1. The van der Waals surface area contributed by atoms with Gasteiger partial charge in [-0.3, -0.25) is 4.79 Å². The lowest BCUT2D eigenvalue weighted by molar-refractivity contribution is -0.142. The third-order valence-corrected chi connectivity index (χ3v) is 2.90. The van der Waals surface area contributed by atoms with Crippen LogP contribution in [0.1, 0.15) is 19.3 Å². The summed E-state index contributed by atoms with van der Waals surface area (Å²) in [5.74, 6) is -0.935. The van der Waals surface area contributed by atoms with E-state index in [1.807, 2.05) is 0 Å². The van der Waals surface area contributed by atoms with Gasteiger partial charge in [0.2, 0.25) is 0 Å². The molecule has 5 nitrogen and oxygen atoms in total. The first kappa shape index (κ1) is 11.8. The van der Waals surface area contributed by atoms with Gasteiger partial charge in [0.05, 0.1) is 5.92 Å². The van der Waals surface area contributed by atoms with Crippen LogP contribution in [0.2, 0.25) is 0 Å². The minimum absolute atomic E-state index is 0.0893. The first-order valence-corrected chi connectivity index (χ1v) is 5.20. The van der Waals surface area contributed by atoms with E-state index in [-0.39, 0.29) is 17.9 Å².